The largest absolute Gasteiger partial charge is 0.344 e. The van der Waals surface area contributed by atoms with E-state index < -0.39 is 71.3 Å². The number of fused-ring (bicyclic) bond motifs is 4. The Balaban J connectivity index is 1.27. The Morgan fingerprint density at radius 2 is 1.85 bits per heavy atom. The van der Waals surface area contributed by atoms with Gasteiger partial charge in [-0.1, -0.05) is 19.9 Å². The Labute approximate surface area is 295 Å². The number of nitrogens with zero attached hydrogens (tertiary/aromatic N) is 8. The predicted molar refractivity (Wildman–Crippen MR) is 175 cm³/mol. The van der Waals surface area contributed by atoms with Gasteiger partial charge in [-0.2, -0.15) is 19.1 Å². The number of halogens is 6. The van der Waals surface area contributed by atoms with Crippen LogP contribution in [0.4, 0.5) is 26.3 Å². The molecule has 0 saturated heterocycles. The number of alkyl halides is 4. The van der Waals surface area contributed by atoms with E-state index in [1.807, 2.05) is 13.8 Å². The highest BCUT2D eigenvalue weighted by Crippen LogP contribution is 2.68. The van der Waals surface area contributed by atoms with Gasteiger partial charge >= 0.3 is 0 Å². The number of H-pyrrole nitrogens is 1. The molecule has 18 heteroatoms. The van der Waals surface area contributed by atoms with Gasteiger partial charge in [0.2, 0.25) is 11.7 Å². The molecule has 1 saturated carbocycles. The van der Waals surface area contributed by atoms with E-state index in [-0.39, 0.29) is 58.1 Å². The molecule has 0 radical (unpaired) electrons. The number of amides is 1. The van der Waals surface area contributed by atoms with Gasteiger partial charge in [0.1, 0.15) is 35.4 Å². The molecule has 2 N–H and O–H groups in total. The van der Waals surface area contributed by atoms with Crippen LogP contribution in [0.5, 0.6) is 0 Å². The lowest BCUT2D eigenvalue weighted by Gasteiger charge is -2.24. The number of benzene rings is 2. The van der Waals surface area contributed by atoms with E-state index >= 15 is 8.78 Å². The van der Waals surface area contributed by atoms with Crippen molar-refractivity contribution in [1.82, 2.24) is 50.3 Å². The maximum atomic E-state index is 15.3. The number of hydrogen-bond acceptors (Lipinski definition) is 8. The topological polar surface area (TPSA) is 149 Å². The minimum absolute atomic E-state index is 0.0382. The standard InChI is InChI=1S/C35H28F6N10O2/c1-15(2)24-6-4-20(13-42-24)51-33(44-25-10-17(32-45-48-49-46-32)3-5-21(25)34(51)53)26(9-16-7-18(36)11-19(37)8-16)43-27(52)14-50-30-28(29(47-50)31(38)39)22-12-23(22)35(30,40)41/h3-8,10-11,13,15,22-23,26,31H,9,12,14H2,1-2H3,(H,43,52)(H,45,46,48,49)/t22-,23+,26-/m0/s1. The van der Waals surface area contributed by atoms with Crippen LogP contribution in [0.3, 0.4) is 0 Å². The van der Waals surface area contributed by atoms with Crippen LogP contribution in [0.1, 0.15) is 78.6 Å². The first kappa shape index (κ1) is 34.2. The van der Waals surface area contributed by atoms with Gasteiger partial charge in [-0.15, -0.1) is 10.2 Å². The van der Waals surface area contributed by atoms with Gasteiger partial charge in [-0.3, -0.25) is 23.8 Å². The summed E-state index contributed by atoms with van der Waals surface area (Å²) in [5.74, 6) is -8.09. The summed E-state index contributed by atoms with van der Waals surface area (Å²) in [4.78, 5) is 37.4. The summed E-state index contributed by atoms with van der Waals surface area (Å²) < 4.78 is 89.3. The lowest BCUT2D eigenvalue weighted by atomic mass is 10.0. The Hall–Kier alpha value is -5.94. The molecule has 0 aliphatic heterocycles. The normalized spacial score (nSPS) is 17.7. The number of pyridine rings is 1. The zero-order valence-electron chi connectivity index (χ0n) is 27.9. The van der Waals surface area contributed by atoms with Crippen LogP contribution in [-0.4, -0.2) is 50.8 Å². The van der Waals surface area contributed by atoms with Crippen LogP contribution in [0, 0.1) is 17.6 Å². The molecule has 4 heterocycles. The van der Waals surface area contributed by atoms with Crippen molar-refractivity contribution in [2.24, 2.45) is 5.92 Å². The van der Waals surface area contributed by atoms with Crippen LogP contribution >= 0.6 is 0 Å². The van der Waals surface area contributed by atoms with Crippen molar-refractivity contribution in [3.63, 3.8) is 0 Å². The van der Waals surface area contributed by atoms with Crippen molar-refractivity contribution in [1.29, 1.82) is 0 Å². The monoisotopic (exact) mass is 734 g/mol. The quantitative estimate of drug-likeness (QED) is 0.168. The maximum absolute atomic E-state index is 15.3. The summed E-state index contributed by atoms with van der Waals surface area (Å²) in [6.45, 7) is 2.96. The van der Waals surface area contributed by atoms with Gasteiger partial charge in [-0.25, -0.2) is 22.5 Å². The fourth-order valence-electron chi connectivity index (χ4n) is 7.11. The molecule has 2 aromatic carbocycles. The minimum atomic E-state index is -3.48. The van der Waals surface area contributed by atoms with E-state index in [1.54, 1.807) is 18.2 Å². The lowest BCUT2D eigenvalue weighted by Crippen LogP contribution is -2.38. The molecule has 53 heavy (non-hydrogen) atoms. The van der Waals surface area contributed by atoms with Crippen molar-refractivity contribution in [3.05, 3.63) is 111 Å². The Morgan fingerprint density at radius 1 is 1.08 bits per heavy atom. The summed E-state index contributed by atoms with van der Waals surface area (Å²) in [7, 11) is 0. The molecule has 2 aliphatic carbocycles. The molecule has 4 aromatic heterocycles. The summed E-state index contributed by atoms with van der Waals surface area (Å²) >= 11 is 0. The fraction of sp³-hybridized carbons (Fsp3) is 0.314. The van der Waals surface area contributed by atoms with E-state index in [9.17, 15) is 27.2 Å². The summed E-state index contributed by atoms with van der Waals surface area (Å²) in [6.07, 6.45) is -2.02. The molecule has 1 amide bonds. The zero-order chi connectivity index (χ0) is 37.3. The van der Waals surface area contributed by atoms with Gasteiger partial charge in [-0.05, 0) is 65.4 Å². The molecule has 0 unspecified atom stereocenters. The molecule has 2 aliphatic rings. The number of aromatic nitrogens is 9. The molecule has 6 aromatic rings. The van der Waals surface area contributed by atoms with Gasteiger partial charge in [0, 0.05) is 35.2 Å². The van der Waals surface area contributed by atoms with Crippen molar-refractivity contribution < 1.29 is 31.1 Å². The third-order valence-corrected chi connectivity index (χ3v) is 9.59. The first-order valence-electron chi connectivity index (χ1n) is 16.6. The second kappa shape index (κ2) is 12.6. The van der Waals surface area contributed by atoms with Crippen LogP contribution in [-0.2, 0) is 23.7 Å². The Kier molecular flexibility index (Phi) is 8.14. The highest BCUT2D eigenvalue weighted by molar-refractivity contribution is 5.83. The SMILES string of the molecule is CC(C)c1ccc(-n2c([C@H](Cc3cc(F)cc(F)c3)NC(=O)Cn3nc(C(F)F)c4c3C(F)(F)[C@@H]3C[C@H]43)nc3cc(-c4nn[nH]n4)ccc3c2=O)cn1. The van der Waals surface area contributed by atoms with Gasteiger partial charge < -0.3 is 5.32 Å². The molecular formula is C35H28F6N10O2. The summed E-state index contributed by atoms with van der Waals surface area (Å²) in [6, 6.07) is 9.31. The van der Waals surface area contributed by atoms with E-state index in [0.29, 0.717) is 22.0 Å². The molecule has 0 spiro atoms. The number of hydrogen-bond donors (Lipinski definition) is 2. The maximum Gasteiger partial charge on any atom is 0.293 e. The molecule has 272 valence electrons. The predicted octanol–water partition coefficient (Wildman–Crippen LogP) is 5.81. The van der Waals surface area contributed by atoms with Crippen LogP contribution in [0.15, 0.2) is 59.5 Å². The van der Waals surface area contributed by atoms with Crippen LogP contribution < -0.4 is 10.9 Å². The molecule has 0 bridgehead atoms. The third-order valence-electron chi connectivity index (χ3n) is 9.59. The van der Waals surface area contributed by atoms with Crippen molar-refractivity contribution in [2.75, 3.05) is 0 Å². The lowest BCUT2D eigenvalue weighted by molar-refractivity contribution is -0.123. The van der Waals surface area contributed by atoms with Crippen LogP contribution in [0.2, 0.25) is 0 Å². The number of carbonyl (C=O) groups is 1. The highest BCUT2D eigenvalue weighted by Gasteiger charge is 2.67. The highest BCUT2D eigenvalue weighted by atomic mass is 19.3. The smallest absolute Gasteiger partial charge is 0.293 e. The second-order valence-corrected chi connectivity index (χ2v) is 13.5. The first-order valence-corrected chi connectivity index (χ1v) is 16.6. The van der Waals surface area contributed by atoms with E-state index in [2.05, 4.69) is 36.0 Å². The van der Waals surface area contributed by atoms with Gasteiger partial charge in [0.25, 0.3) is 17.9 Å². The fourth-order valence-corrected chi connectivity index (χ4v) is 7.11. The van der Waals surface area contributed by atoms with E-state index in [1.165, 1.54) is 22.9 Å². The zero-order valence-corrected chi connectivity index (χ0v) is 27.9. The molecular weight excluding hydrogens is 706 g/mol. The number of carbonyl (C=O) groups excluding carboxylic acids is 1. The molecule has 12 nitrogen and oxygen atoms in total. The average molecular weight is 735 g/mol. The third kappa shape index (κ3) is 6.00. The number of rotatable bonds is 10. The molecule has 3 atom stereocenters. The van der Waals surface area contributed by atoms with E-state index in [0.717, 1.165) is 12.1 Å². The average Bonchev–Trinajstić information content (AvgIpc) is 3.43. The Morgan fingerprint density at radius 3 is 2.51 bits per heavy atom. The first-order chi connectivity index (χ1) is 25.3. The molecule has 8 rings (SSSR count). The number of tetrazole rings is 1. The van der Waals surface area contributed by atoms with Crippen molar-refractivity contribution in [3.8, 4) is 17.1 Å². The van der Waals surface area contributed by atoms with Crippen molar-refractivity contribution in [2.45, 2.75) is 63.5 Å². The second-order valence-electron chi connectivity index (χ2n) is 13.5. The van der Waals surface area contributed by atoms with Crippen LogP contribution in [0.25, 0.3) is 28.0 Å². The summed E-state index contributed by atoms with van der Waals surface area (Å²) in [5.41, 5.74) is -0.818. The number of aromatic amines is 1. The summed E-state index contributed by atoms with van der Waals surface area (Å²) in [5, 5.41) is 20.4. The van der Waals surface area contributed by atoms with E-state index in [4.69, 9.17) is 4.98 Å². The number of nitrogens with one attached hydrogen (secondary N) is 2. The molecule has 1 fully saturated rings. The van der Waals surface area contributed by atoms with Gasteiger partial charge in [0.15, 0.2) is 0 Å². The Bertz CT molecular complexity index is 2430. The van der Waals surface area contributed by atoms with Crippen molar-refractivity contribution >= 4 is 16.8 Å². The van der Waals surface area contributed by atoms with Gasteiger partial charge in [0.05, 0.1) is 28.8 Å². The minimum Gasteiger partial charge on any atom is -0.344 e.